The van der Waals surface area contributed by atoms with Gasteiger partial charge in [-0.3, -0.25) is 4.79 Å². The third-order valence-corrected chi connectivity index (χ3v) is 3.52. The molecule has 1 aromatic carbocycles. The number of Topliss-reactive ketones (excluding diaryl/α,β-unsaturated/α-hetero) is 1. The maximum Gasteiger partial charge on any atom is 0.189 e. The van der Waals surface area contributed by atoms with Gasteiger partial charge in [-0.25, -0.2) is 4.98 Å². The first-order chi connectivity index (χ1) is 9.16. The molecule has 1 unspecified atom stereocenters. The van der Waals surface area contributed by atoms with Crippen LogP contribution in [0.5, 0.6) is 0 Å². The summed E-state index contributed by atoms with van der Waals surface area (Å²) in [5.41, 5.74) is 9.44. The lowest BCUT2D eigenvalue weighted by atomic mass is 9.98. The van der Waals surface area contributed by atoms with E-state index >= 15 is 0 Å². The standard InChI is InChI=1S/C15H15N3O/c1-9-6-7-17-15(16)13(9)14(19)12-8-10-4-2-3-5-11(10)18-12/h2-7,12,18H,8H2,1H3,(H2,16,17). The highest BCUT2D eigenvalue weighted by molar-refractivity contribution is 6.07. The van der Waals surface area contributed by atoms with Crippen LogP contribution in [0.3, 0.4) is 0 Å². The topological polar surface area (TPSA) is 68.0 Å². The van der Waals surface area contributed by atoms with Gasteiger partial charge in [0.1, 0.15) is 5.82 Å². The van der Waals surface area contributed by atoms with Crippen molar-refractivity contribution in [2.45, 2.75) is 19.4 Å². The van der Waals surface area contributed by atoms with Crippen molar-refractivity contribution in [1.29, 1.82) is 0 Å². The zero-order valence-corrected chi connectivity index (χ0v) is 10.7. The van der Waals surface area contributed by atoms with Crippen molar-refractivity contribution < 1.29 is 4.79 Å². The molecule has 0 fully saturated rings. The lowest BCUT2D eigenvalue weighted by Crippen LogP contribution is -2.28. The largest absolute Gasteiger partial charge is 0.383 e. The number of hydrogen-bond acceptors (Lipinski definition) is 4. The first-order valence-corrected chi connectivity index (χ1v) is 6.26. The number of ketones is 1. The number of para-hydroxylation sites is 1. The Bertz CT molecular complexity index is 606. The number of pyridine rings is 1. The van der Waals surface area contributed by atoms with Gasteiger partial charge in [0, 0.05) is 18.3 Å². The Labute approximate surface area is 111 Å². The van der Waals surface area contributed by atoms with E-state index in [1.54, 1.807) is 6.20 Å². The van der Waals surface area contributed by atoms with Gasteiger partial charge < -0.3 is 11.1 Å². The van der Waals surface area contributed by atoms with Crippen LogP contribution in [0, 0.1) is 6.92 Å². The van der Waals surface area contributed by atoms with Gasteiger partial charge in [-0.05, 0) is 30.2 Å². The highest BCUT2D eigenvalue weighted by atomic mass is 16.1. The number of carbonyl (C=O) groups is 1. The Balaban J connectivity index is 1.92. The number of hydrogen-bond donors (Lipinski definition) is 2. The average Bonchev–Trinajstić information content (AvgIpc) is 2.82. The molecule has 19 heavy (non-hydrogen) atoms. The normalized spacial score (nSPS) is 16.8. The number of nitrogens with zero attached hydrogens (tertiary/aromatic N) is 1. The highest BCUT2D eigenvalue weighted by Gasteiger charge is 2.29. The van der Waals surface area contributed by atoms with Crippen molar-refractivity contribution in [3.63, 3.8) is 0 Å². The Morgan fingerprint density at radius 3 is 2.89 bits per heavy atom. The van der Waals surface area contributed by atoms with Gasteiger partial charge in [0.15, 0.2) is 5.78 Å². The number of fused-ring (bicyclic) bond motifs is 1. The van der Waals surface area contributed by atoms with E-state index in [2.05, 4.69) is 10.3 Å². The SMILES string of the molecule is Cc1ccnc(N)c1C(=O)C1Cc2ccccc2N1. The Kier molecular flexibility index (Phi) is 2.71. The van der Waals surface area contributed by atoms with E-state index in [1.165, 1.54) is 5.56 Å². The molecule has 0 amide bonds. The van der Waals surface area contributed by atoms with Gasteiger partial charge in [0.25, 0.3) is 0 Å². The predicted octanol–water partition coefficient (Wildman–Crippen LogP) is 2.19. The van der Waals surface area contributed by atoms with Crippen LogP contribution in [0.2, 0.25) is 0 Å². The summed E-state index contributed by atoms with van der Waals surface area (Å²) in [5, 5.41) is 3.25. The van der Waals surface area contributed by atoms with Crippen molar-refractivity contribution in [3.8, 4) is 0 Å². The molecule has 4 heteroatoms. The molecule has 1 aliphatic heterocycles. The van der Waals surface area contributed by atoms with Gasteiger partial charge in [-0.15, -0.1) is 0 Å². The molecule has 3 rings (SSSR count). The summed E-state index contributed by atoms with van der Waals surface area (Å²) in [4.78, 5) is 16.6. The molecule has 4 nitrogen and oxygen atoms in total. The zero-order valence-electron chi connectivity index (χ0n) is 10.7. The second-order valence-electron chi connectivity index (χ2n) is 4.81. The molecule has 0 saturated heterocycles. The van der Waals surface area contributed by atoms with Crippen molar-refractivity contribution in [1.82, 2.24) is 4.98 Å². The van der Waals surface area contributed by atoms with Crippen LogP contribution < -0.4 is 11.1 Å². The van der Waals surface area contributed by atoms with E-state index in [-0.39, 0.29) is 11.8 Å². The quantitative estimate of drug-likeness (QED) is 0.805. The molecule has 0 saturated carbocycles. The molecule has 0 spiro atoms. The van der Waals surface area contributed by atoms with Crippen LogP contribution in [0.25, 0.3) is 0 Å². The van der Waals surface area contributed by atoms with E-state index in [9.17, 15) is 4.79 Å². The Morgan fingerprint density at radius 1 is 1.37 bits per heavy atom. The number of nitrogens with two attached hydrogens (primary N) is 1. The lowest BCUT2D eigenvalue weighted by Gasteiger charge is -2.13. The van der Waals surface area contributed by atoms with Crippen molar-refractivity contribution >= 4 is 17.3 Å². The predicted molar refractivity (Wildman–Crippen MR) is 75.3 cm³/mol. The molecule has 1 aliphatic rings. The van der Waals surface area contributed by atoms with Crippen molar-refractivity contribution in [3.05, 3.63) is 53.2 Å². The first-order valence-electron chi connectivity index (χ1n) is 6.26. The summed E-state index contributed by atoms with van der Waals surface area (Å²) in [6.07, 6.45) is 2.32. The maximum atomic E-state index is 12.6. The van der Waals surface area contributed by atoms with Gasteiger partial charge in [-0.1, -0.05) is 18.2 Å². The van der Waals surface area contributed by atoms with Crippen LogP contribution in [0.4, 0.5) is 11.5 Å². The molecule has 3 N–H and O–H groups in total. The minimum Gasteiger partial charge on any atom is -0.383 e. The van der Waals surface area contributed by atoms with E-state index in [1.807, 2.05) is 37.3 Å². The van der Waals surface area contributed by atoms with Gasteiger partial charge in [0.05, 0.1) is 11.6 Å². The van der Waals surface area contributed by atoms with E-state index in [0.717, 1.165) is 11.3 Å². The third-order valence-electron chi connectivity index (χ3n) is 3.52. The Morgan fingerprint density at radius 2 is 2.16 bits per heavy atom. The number of anilines is 2. The fraction of sp³-hybridized carbons (Fsp3) is 0.200. The molecule has 1 aromatic heterocycles. The molecule has 0 bridgehead atoms. The van der Waals surface area contributed by atoms with Crippen molar-refractivity contribution in [2.24, 2.45) is 0 Å². The summed E-state index contributed by atoms with van der Waals surface area (Å²) in [6.45, 7) is 1.88. The first kappa shape index (κ1) is 11.7. The number of nitrogen functional groups attached to an aromatic ring is 1. The molecule has 0 radical (unpaired) electrons. The van der Waals surface area contributed by atoms with E-state index in [4.69, 9.17) is 5.73 Å². The van der Waals surface area contributed by atoms with Crippen LogP contribution in [-0.2, 0) is 6.42 Å². The number of benzene rings is 1. The monoisotopic (exact) mass is 253 g/mol. The second kappa shape index (κ2) is 4.39. The van der Waals surface area contributed by atoms with Gasteiger partial charge in [0.2, 0.25) is 0 Å². The summed E-state index contributed by atoms with van der Waals surface area (Å²) >= 11 is 0. The molecule has 0 aliphatic carbocycles. The lowest BCUT2D eigenvalue weighted by molar-refractivity contribution is 0.0971. The van der Waals surface area contributed by atoms with Gasteiger partial charge in [-0.2, -0.15) is 0 Å². The number of nitrogens with one attached hydrogen (secondary N) is 1. The third kappa shape index (κ3) is 1.95. The summed E-state index contributed by atoms with van der Waals surface area (Å²) in [7, 11) is 0. The van der Waals surface area contributed by atoms with Gasteiger partial charge >= 0.3 is 0 Å². The summed E-state index contributed by atoms with van der Waals surface area (Å²) < 4.78 is 0. The zero-order chi connectivity index (χ0) is 13.4. The summed E-state index contributed by atoms with van der Waals surface area (Å²) in [5.74, 6) is 0.321. The number of rotatable bonds is 2. The van der Waals surface area contributed by atoms with Crippen LogP contribution in [0.1, 0.15) is 21.5 Å². The fourth-order valence-corrected chi connectivity index (χ4v) is 2.53. The maximum absolute atomic E-state index is 12.6. The molecular weight excluding hydrogens is 238 g/mol. The summed E-state index contributed by atoms with van der Waals surface area (Å²) in [6, 6.07) is 9.53. The molecule has 96 valence electrons. The molecule has 1 atom stereocenters. The molecular formula is C15H15N3O. The Hall–Kier alpha value is -2.36. The smallest absolute Gasteiger partial charge is 0.189 e. The second-order valence-corrected chi connectivity index (χ2v) is 4.81. The van der Waals surface area contributed by atoms with E-state index in [0.29, 0.717) is 17.8 Å². The highest BCUT2D eigenvalue weighted by Crippen LogP contribution is 2.28. The minimum atomic E-state index is -0.248. The average molecular weight is 253 g/mol. The number of carbonyl (C=O) groups excluding carboxylic acids is 1. The van der Waals surface area contributed by atoms with Crippen molar-refractivity contribution in [2.75, 3.05) is 11.1 Å². The van der Waals surface area contributed by atoms with Crippen LogP contribution >= 0.6 is 0 Å². The number of aromatic nitrogens is 1. The van der Waals surface area contributed by atoms with Crippen LogP contribution in [0.15, 0.2) is 36.5 Å². The van der Waals surface area contributed by atoms with Crippen LogP contribution in [-0.4, -0.2) is 16.8 Å². The molecule has 2 heterocycles. The number of aryl methyl sites for hydroxylation is 1. The fourth-order valence-electron chi connectivity index (χ4n) is 2.53. The molecule has 2 aromatic rings. The van der Waals surface area contributed by atoms with E-state index < -0.39 is 0 Å². The minimum absolute atomic E-state index is 0.0132.